The molecule has 0 fully saturated rings. The van der Waals surface area contributed by atoms with Crippen LogP contribution in [-0.2, 0) is 0 Å². The minimum absolute atomic E-state index is 0.560. The van der Waals surface area contributed by atoms with E-state index in [-0.39, 0.29) is 0 Å². The van der Waals surface area contributed by atoms with Crippen LogP contribution >= 0.6 is 0 Å². The summed E-state index contributed by atoms with van der Waals surface area (Å²) in [7, 11) is 1.44. The van der Waals surface area contributed by atoms with Crippen molar-refractivity contribution in [3.8, 4) is 0 Å². The Morgan fingerprint density at radius 2 is 1.33 bits per heavy atom. The predicted molar refractivity (Wildman–Crippen MR) is 70.7 cm³/mol. The predicted octanol–water partition coefficient (Wildman–Crippen LogP) is 2.27. The fourth-order valence-electron chi connectivity index (χ4n) is 1.11. The minimum atomic E-state index is -0.588. The van der Waals surface area contributed by atoms with Crippen molar-refractivity contribution in [2.45, 2.75) is 0 Å². The summed E-state index contributed by atoms with van der Waals surface area (Å²) in [5.74, 6) is 0. The normalized spacial score (nSPS) is 8.72. The van der Waals surface area contributed by atoms with E-state index >= 15 is 0 Å². The molecule has 1 aromatic carbocycles. The van der Waals surface area contributed by atoms with Crippen molar-refractivity contribution in [1.29, 1.82) is 0 Å². The van der Waals surface area contributed by atoms with Gasteiger partial charge in [-0.25, -0.2) is 9.59 Å². The third kappa shape index (κ3) is 5.50. The summed E-state index contributed by atoms with van der Waals surface area (Å²) in [5, 5.41) is 6.96. The number of hydrogen-bond donors (Lipinski definition) is 3. The van der Waals surface area contributed by atoms with Gasteiger partial charge in [0.05, 0.1) is 0 Å². The highest BCUT2D eigenvalue weighted by Crippen LogP contribution is 2.01. The van der Waals surface area contributed by atoms with Crippen molar-refractivity contribution in [1.82, 2.24) is 10.6 Å². The van der Waals surface area contributed by atoms with Crippen LogP contribution in [0.1, 0.15) is 0 Å². The van der Waals surface area contributed by atoms with Gasteiger partial charge in [0.2, 0.25) is 0 Å². The van der Waals surface area contributed by atoms with E-state index in [1.807, 2.05) is 30.3 Å². The van der Waals surface area contributed by atoms with E-state index in [2.05, 4.69) is 16.0 Å². The molecule has 1 aromatic rings. The smallest absolute Gasteiger partial charge is 0.327 e. The van der Waals surface area contributed by atoms with Gasteiger partial charge in [0.1, 0.15) is 0 Å². The molecular weight excluding hydrogens is 230 g/mol. The van der Waals surface area contributed by atoms with Gasteiger partial charge >= 0.3 is 12.1 Å². The third-order valence-corrected chi connectivity index (χ3v) is 1.93. The first kappa shape index (κ1) is 13.5. The summed E-state index contributed by atoms with van der Waals surface area (Å²) in [6, 6.07) is 15.2. The molecule has 0 saturated carbocycles. The second-order valence-corrected chi connectivity index (χ2v) is 3.29. The minimum Gasteiger partial charge on any atom is -0.341 e. The number of urea groups is 2. The highest BCUT2D eigenvalue weighted by Gasteiger charge is 2.03. The summed E-state index contributed by atoms with van der Waals surface area (Å²) in [6.07, 6.45) is 0. The SMILES string of the molecule is CNC(=O)NC(=O)Nc1ccccccccc1. The van der Waals surface area contributed by atoms with Gasteiger partial charge in [-0.05, 0) is 12.1 Å². The van der Waals surface area contributed by atoms with Crippen molar-refractivity contribution >= 4 is 17.7 Å². The number of anilines is 1. The first-order valence-corrected chi connectivity index (χ1v) is 5.40. The molecule has 0 saturated heterocycles. The standard InChI is InChI=1S/C13H15N3O2/c1-14-12(17)16-13(18)15-11-9-7-5-3-2-4-6-8-10-11/h2-10H,1H3,(H3,14,15,16,17,18). The van der Waals surface area contributed by atoms with Gasteiger partial charge in [0.15, 0.2) is 0 Å². The summed E-state index contributed by atoms with van der Waals surface area (Å²) < 4.78 is 0. The molecule has 0 atom stereocenters. The van der Waals surface area contributed by atoms with Gasteiger partial charge < -0.3 is 10.6 Å². The molecular formula is C13H15N3O2. The summed E-state index contributed by atoms with van der Waals surface area (Å²) in [4.78, 5) is 22.4. The van der Waals surface area contributed by atoms with Crippen LogP contribution in [0, 0.1) is 0 Å². The van der Waals surface area contributed by atoms with E-state index in [0.29, 0.717) is 5.69 Å². The summed E-state index contributed by atoms with van der Waals surface area (Å²) in [6.45, 7) is 0. The zero-order valence-electron chi connectivity index (χ0n) is 10.0. The van der Waals surface area contributed by atoms with Crippen LogP contribution < -0.4 is 16.0 Å². The molecule has 0 aliphatic rings. The Balaban J connectivity index is 2.78. The number of amides is 4. The first-order chi connectivity index (χ1) is 8.72. The molecule has 0 aromatic heterocycles. The largest absolute Gasteiger partial charge is 0.341 e. The van der Waals surface area contributed by atoms with E-state index in [0.717, 1.165) is 0 Å². The van der Waals surface area contributed by atoms with Crippen LogP contribution in [0.25, 0.3) is 0 Å². The number of nitrogens with one attached hydrogen (secondary N) is 3. The number of hydrogen-bond acceptors (Lipinski definition) is 2. The molecule has 3 N–H and O–H groups in total. The molecule has 0 bridgehead atoms. The zero-order chi connectivity index (χ0) is 13.2. The Kier molecular flexibility index (Phi) is 5.76. The van der Waals surface area contributed by atoms with Crippen molar-refractivity contribution < 1.29 is 9.59 Å². The van der Waals surface area contributed by atoms with Crippen molar-refractivity contribution in [3.05, 3.63) is 54.6 Å². The van der Waals surface area contributed by atoms with E-state index in [9.17, 15) is 9.59 Å². The lowest BCUT2D eigenvalue weighted by Crippen LogP contribution is -2.39. The van der Waals surface area contributed by atoms with E-state index in [1.54, 1.807) is 24.3 Å². The van der Waals surface area contributed by atoms with Gasteiger partial charge in [0.25, 0.3) is 0 Å². The lowest BCUT2D eigenvalue weighted by Gasteiger charge is -2.04. The maximum atomic E-state index is 11.4. The fourth-order valence-corrected chi connectivity index (χ4v) is 1.11. The molecule has 1 rings (SSSR count). The number of carbonyl (C=O) groups is 2. The summed E-state index contributed by atoms with van der Waals surface area (Å²) >= 11 is 0. The maximum absolute atomic E-state index is 11.4. The van der Waals surface area contributed by atoms with Crippen LogP contribution in [0.5, 0.6) is 0 Å². The van der Waals surface area contributed by atoms with Crippen LogP contribution in [0.4, 0.5) is 15.3 Å². The molecule has 0 unspecified atom stereocenters. The monoisotopic (exact) mass is 245 g/mol. The molecule has 5 nitrogen and oxygen atoms in total. The second-order valence-electron chi connectivity index (χ2n) is 3.29. The Labute approximate surface area is 106 Å². The quantitative estimate of drug-likeness (QED) is 0.710. The van der Waals surface area contributed by atoms with Crippen molar-refractivity contribution in [3.63, 3.8) is 0 Å². The highest BCUT2D eigenvalue weighted by atomic mass is 16.2. The Hall–Kier alpha value is -2.56. The molecule has 0 spiro atoms. The maximum Gasteiger partial charge on any atom is 0.327 e. The number of rotatable bonds is 1. The third-order valence-electron chi connectivity index (χ3n) is 1.93. The lowest BCUT2D eigenvalue weighted by molar-refractivity contribution is 0.234. The highest BCUT2D eigenvalue weighted by molar-refractivity contribution is 6.00. The molecule has 0 radical (unpaired) electrons. The van der Waals surface area contributed by atoms with Gasteiger partial charge in [-0.3, -0.25) is 5.32 Å². The average Bonchev–Trinajstić information content (AvgIpc) is 2.36. The molecule has 0 aliphatic heterocycles. The van der Waals surface area contributed by atoms with Gasteiger partial charge in [-0.2, -0.15) is 0 Å². The molecule has 18 heavy (non-hydrogen) atoms. The zero-order valence-corrected chi connectivity index (χ0v) is 10.0. The van der Waals surface area contributed by atoms with Gasteiger partial charge in [-0.15, -0.1) is 0 Å². The molecule has 5 heteroatoms. The van der Waals surface area contributed by atoms with Crippen molar-refractivity contribution in [2.75, 3.05) is 12.4 Å². The molecule has 4 amide bonds. The molecule has 0 heterocycles. The fraction of sp³-hybridized carbons (Fsp3) is 0.0769. The van der Waals surface area contributed by atoms with Gasteiger partial charge in [0, 0.05) is 12.7 Å². The van der Waals surface area contributed by atoms with Gasteiger partial charge in [-0.1, -0.05) is 42.5 Å². The second kappa shape index (κ2) is 7.67. The first-order valence-electron chi connectivity index (χ1n) is 5.40. The molecule has 0 aliphatic carbocycles. The average molecular weight is 245 g/mol. The Bertz CT molecular complexity index is 449. The van der Waals surface area contributed by atoms with Crippen LogP contribution in [0.2, 0.25) is 0 Å². The number of imide groups is 1. The van der Waals surface area contributed by atoms with E-state index in [1.165, 1.54) is 7.05 Å². The van der Waals surface area contributed by atoms with Crippen molar-refractivity contribution in [2.24, 2.45) is 0 Å². The van der Waals surface area contributed by atoms with E-state index < -0.39 is 12.1 Å². The number of carbonyl (C=O) groups excluding carboxylic acids is 2. The van der Waals surface area contributed by atoms with Crippen LogP contribution in [-0.4, -0.2) is 19.1 Å². The van der Waals surface area contributed by atoms with Crippen LogP contribution in [0.3, 0.4) is 0 Å². The summed E-state index contributed by atoms with van der Waals surface area (Å²) in [5.41, 5.74) is 0.576. The topological polar surface area (TPSA) is 70.2 Å². The van der Waals surface area contributed by atoms with E-state index in [4.69, 9.17) is 0 Å². The Morgan fingerprint density at radius 1 is 0.833 bits per heavy atom. The lowest BCUT2D eigenvalue weighted by atomic mass is 10.3. The Morgan fingerprint density at radius 3 is 1.83 bits per heavy atom. The van der Waals surface area contributed by atoms with Crippen LogP contribution in [0.15, 0.2) is 54.6 Å². The molecule has 94 valence electrons.